The first-order chi connectivity index (χ1) is 8.31. The van der Waals surface area contributed by atoms with E-state index >= 15 is 0 Å². The van der Waals surface area contributed by atoms with E-state index in [1.54, 1.807) is 0 Å². The van der Waals surface area contributed by atoms with Crippen LogP contribution in [0.2, 0.25) is 0 Å². The Kier molecular flexibility index (Phi) is 6.83. The molecular formula is C15H26N2. The van der Waals surface area contributed by atoms with Crippen LogP contribution in [0.3, 0.4) is 0 Å². The minimum Gasteiger partial charge on any atom is -0.241 e. The molecule has 0 saturated heterocycles. The lowest BCUT2D eigenvalue weighted by atomic mass is 9.93. The smallest absolute Gasteiger partial charge is 0.127 e. The van der Waals surface area contributed by atoms with Gasteiger partial charge < -0.3 is 0 Å². The van der Waals surface area contributed by atoms with Gasteiger partial charge in [0.05, 0.1) is 0 Å². The van der Waals surface area contributed by atoms with Crippen molar-refractivity contribution in [2.75, 3.05) is 0 Å². The second-order valence-electron chi connectivity index (χ2n) is 4.74. The van der Waals surface area contributed by atoms with E-state index in [0.717, 1.165) is 12.2 Å². The van der Waals surface area contributed by atoms with Gasteiger partial charge in [-0.25, -0.2) is 9.97 Å². The van der Waals surface area contributed by atoms with Crippen LogP contribution in [0.25, 0.3) is 0 Å². The normalized spacial score (nSPS) is 12.6. The van der Waals surface area contributed by atoms with E-state index in [1.165, 1.54) is 44.1 Å². The van der Waals surface area contributed by atoms with Gasteiger partial charge in [-0.15, -0.1) is 0 Å². The second kappa shape index (κ2) is 8.21. The number of hydrogen-bond acceptors (Lipinski definition) is 2. The van der Waals surface area contributed by atoms with Gasteiger partial charge in [0.2, 0.25) is 0 Å². The van der Waals surface area contributed by atoms with Gasteiger partial charge in [0.25, 0.3) is 0 Å². The Hall–Kier alpha value is -0.920. The fourth-order valence-electron chi connectivity index (χ4n) is 2.18. The molecule has 1 aromatic rings. The lowest BCUT2D eigenvalue weighted by molar-refractivity contribution is 0.539. The zero-order valence-corrected chi connectivity index (χ0v) is 11.6. The topological polar surface area (TPSA) is 25.8 Å². The van der Waals surface area contributed by atoms with Gasteiger partial charge in [0, 0.05) is 18.8 Å². The molecule has 1 rings (SSSR count). The Morgan fingerprint density at radius 1 is 1.00 bits per heavy atom. The molecular weight excluding hydrogens is 208 g/mol. The highest BCUT2D eigenvalue weighted by Gasteiger charge is 2.09. The van der Waals surface area contributed by atoms with Gasteiger partial charge >= 0.3 is 0 Å². The van der Waals surface area contributed by atoms with Gasteiger partial charge in [-0.2, -0.15) is 0 Å². The van der Waals surface area contributed by atoms with Crippen LogP contribution in [-0.4, -0.2) is 9.97 Å². The van der Waals surface area contributed by atoms with Crippen LogP contribution in [0.5, 0.6) is 0 Å². The molecule has 0 radical (unpaired) electrons. The fraction of sp³-hybridized carbons (Fsp3) is 0.733. The molecule has 0 spiro atoms. The van der Waals surface area contributed by atoms with Gasteiger partial charge in [-0.1, -0.05) is 46.5 Å². The van der Waals surface area contributed by atoms with Crippen molar-refractivity contribution in [3.05, 3.63) is 23.8 Å². The summed E-state index contributed by atoms with van der Waals surface area (Å²) >= 11 is 0. The predicted octanol–water partition coefficient (Wildman–Crippen LogP) is 4.50. The number of nitrogens with zero attached hydrogens (tertiary/aromatic N) is 2. The maximum Gasteiger partial charge on any atom is 0.127 e. The Balaban J connectivity index is 2.47. The van der Waals surface area contributed by atoms with Crippen LogP contribution in [0, 0.1) is 0 Å². The van der Waals surface area contributed by atoms with Crippen molar-refractivity contribution in [3.63, 3.8) is 0 Å². The molecule has 2 nitrogen and oxygen atoms in total. The van der Waals surface area contributed by atoms with Gasteiger partial charge in [-0.3, -0.25) is 0 Å². The van der Waals surface area contributed by atoms with E-state index in [2.05, 4.69) is 30.7 Å². The van der Waals surface area contributed by atoms with Gasteiger partial charge in [0.15, 0.2) is 0 Å². The third-order valence-electron chi connectivity index (χ3n) is 3.41. The van der Waals surface area contributed by atoms with E-state index in [1.807, 2.05) is 12.4 Å². The highest BCUT2D eigenvalue weighted by Crippen LogP contribution is 2.24. The molecule has 1 unspecified atom stereocenters. The van der Waals surface area contributed by atoms with Crippen molar-refractivity contribution < 1.29 is 0 Å². The molecule has 1 aromatic heterocycles. The molecule has 0 aliphatic rings. The lowest BCUT2D eigenvalue weighted by Gasteiger charge is -2.14. The maximum atomic E-state index is 4.40. The number of aromatic nitrogens is 2. The summed E-state index contributed by atoms with van der Waals surface area (Å²) in [6.07, 6.45) is 12.8. The number of rotatable bonds is 8. The summed E-state index contributed by atoms with van der Waals surface area (Å²) in [6.45, 7) is 6.61. The number of aryl methyl sites for hydroxylation is 1. The standard InChI is InChI=1S/C15H26N2/c1-4-7-8-9-10-13(5-2)14-11-16-15(6-3)17-12-14/h11-13H,4-10H2,1-3H3. The molecule has 1 atom stereocenters. The third kappa shape index (κ3) is 4.84. The molecule has 0 aliphatic heterocycles. The fourth-order valence-corrected chi connectivity index (χ4v) is 2.18. The van der Waals surface area contributed by atoms with Crippen LogP contribution < -0.4 is 0 Å². The molecule has 0 saturated carbocycles. The summed E-state index contributed by atoms with van der Waals surface area (Å²) in [5, 5.41) is 0. The molecule has 0 aromatic carbocycles. The largest absolute Gasteiger partial charge is 0.241 e. The van der Waals surface area contributed by atoms with Crippen LogP contribution >= 0.6 is 0 Å². The first-order valence-electron chi connectivity index (χ1n) is 7.12. The van der Waals surface area contributed by atoms with Crippen LogP contribution in [0.1, 0.15) is 76.6 Å². The van der Waals surface area contributed by atoms with Crippen molar-refractivity contribution >= 4 is 0 Å². The van der Waals surface area contributed by atoms with Crippen molar-refractivity contribution in [1.29, 1.82) is 0 Å². The molecule has 2 heteroatoms. The van der Waals surface area contributed by atoms with Crippen molar-refractivity contribution in [1.82, 2.24) is 9.97 Å². The third-order valence-corrected chi connectivity index (χ3v) is 3.41. The van der Waals surface area contributed by atoms with E-state index in [4.69, 9.17) is 0 Å². The summed E-state index contributed by atoms with van der Waals surface area (Å²) in [5.41, 5.74) is 1.32. The molecule has 0 bridgehead atoms. The summed E-state index contributed by atoms with van der Waals surface area (Å²) in [5.74, 6) is 1.60. The summed E-state index contributed by atoms with van der Waals surface area (Å²) in [4.78, 5) is 8.80. The Morgan fingerprint density at radius 2 is 1.71 bits per heavy atom. The molecule has 96 valence electrons. The quantitative estimate of drug-likeness (QED) is 0.619. The van der Waals surface area contributed by atoms with E-state index in [-0.39, 0.29) is 0 Å². The highest BCUT2D eigenvalue weighted by atomic mass is 14.9. The predicted molar refractivity (Wildman–Crippen MR) is 73.2 cm³/mol. The van der Waals surface area contributed by atoms with Crippen LogP contribution in [0.15, 0.2) is 12.4 Å². The monoisotopic (exact) mass is 234 g/mol. The molecule has 0 N–H and O–H groups in total. The summed E-state index contributed by atoms with van der Waals surface area (Å²) < 4.78 is 0. The Morgan fingerprint density at radius 3 is 2.24 bits per heavy atom. The average molecular weight is 234 g/mol. The van der Waals surface area contributed by atoms with Crippen LogP contribution in [-0.2, 0) is 6.42 Å². The SMILES string of the molecule is CCCCCCC(CC)c1cnc(CC)nc1. The number of unbranched alkanes of at least 4 members (excludes halogenated alkanes) is 3. The number of hydrogen-bond donors (Lipinski definition) is 0. The van der Waals surface area contributed by atoms with E-state index in [0.29, 0.717) is 5.92 Å². The lowest BCUT2D eigenvalue weighted by Crippen LogP contribution is -2.01. The minimum absolute atomic E-state index is 0.651. The first-order valence-corrected chi connectivity index (χ1v) is 7.12. The van der Waals surface area contributed by atoms with Gasteiger partial charge in [-0.05, 0) is 24.3 Å². The Bertz CT molecular complexity index is 292. The van der Waals surface area contributed by atoms with E-state index < -0.39 is 0 Å². The molecule has 17 heavy (non-hydrogen) atoms. The first kappa shape index (κ1) is 14.1. The highest BCUT2D eigenvalue weighted by molar-refractivity contribution is 5.11. The van der Waals surface area contributed by atoms with Crippen molar-refractivity contribution in [2.24, 2.45) is 0 Å². The zero-order valence-electron chi connectivity index (χ0n) is 11.6. The zero-order chi connectivity index (χ0) is 12.5. The molecule has 0 aliphatic carbocycles. The van der Waals surface area contributed by atoms with Crippen molar-refractivity contribution in [3.8, 4) is 0 Å². The summed E-state index contributed by atoms with van der Waals surface area (Å²) in [7, 11) is 0. The second-order valence-corrected chi connectivity index (χ2v) is 4.74. The summed E-state index contributed by atoms with van der Waals surface area (Å²) in [6, 6.07) is 0. The van der Waals surface area contributed by atoms with Crippen LogP contribution in [0.4, 0.5) is 0 Å². The van der Waals surface area contributed by atoms with Crippen molar-refractivity contribution in [2.45, 2.75) is 71.6 Å². The molecule has 1 heterocycles. The maximum absolute atomic E-state index is 4.40. The average Bonchev–Trinajstić information content (AvgIpc) is 2.39. The van der Waals surface area contributed by atoms with E-state index in [9.17, 15) is 0 Å². The molecule has 0 fully saturated rings. The van der Waals surface area contributed by atoms with Gasteiger partial charge in [0.1, 0.15) is 5.82 Å². The Labute approximate surface area is 106 Å². The minimum atomic E-state index is 0.651. The molecule has 0 amide bonds.